The first kappa shape index (κ1) is 15.6. The van der Waals surface area contributed by atoms with E-state index in [2.05, 4.69) is 5.09 Å². The van der Waals surface area contributed by atoms with Crippen LogP contribution in [0.25, 0.3) is 0 Å². The third kappa shape index (κ3) is 6.29. The van der Waals surface area contributed by atoms with Crippen LogP contribution in [0.5, 0.6) is 0 Å². The monoisotopic (exact) mass is 285 g/mol. The highest BCUT2D eigenvalue weighted by Crippen LogP contribution is 2.31. The van der Waals surface area contributed by atoms with Crippen molar-refractivity contribution in [3.8, 4) is 0 Å². The number of hydrogen-bond donors (Lipinski definition) is 4. The summed E-state index contributed by atoms with van der Waals surface area (Å²) in [5.74, 6) is -2.21. The second kappa shape index (κ2) is 7.84. The molecule has 0 saturated carbocycles. The first-order valence-corrected chi connectivity index (χ1v) is 7.18. The van der Waals surface area contributed by atoms with Crippen LogP contribution in [-0.2, 0) is 15.8 Å². The van der Waals surface area contributed by atoms with Gasteiger partial charge >= 0.3 is 11.9 Å². The van der Waals surface area contributed by atoms with Gasteiger partial charge in [-0.1, -0.05) is 30.3 Å². The lowest BCUT2D eigenvalue weighted by Gasteiger charge is -2.18. The zero-order chi connectivity index (χ0) is 14.3. The first-order chi connectivity index (χ1) is 8.99. The summed E-state index contributed by atoms with van der Waals surface area (Å²) in [7, 11) is -1.68. The first-order valence-electron chi connectivity index (χ1n) is 5.70. The Labute approximate surface area is 112 Å². The molecule has 0 aliphatic heterocycles. The molecule has 0 amide bonds. The minimum absolute atomic E-state index is 0.0567. The molecule has 19 heavy (non-hydrogen) atoms. The van der Waals surface area contributed by atoms with Crippen LogP contribution in [0.3, 0.4) is 0 Å². The van der Waals surface area contributed by atoms with Gasteiger partial charge in [0, 0.05) is 12.6 Å². The Hall–Kier alpha value is -1.49. The van der Waals surface area contributed by atoms with E-state index in [1.54, 1.807) is 0 Å². The van der Waals surface area contributed by atoms with E-state index in [1.807, 2.05) is 30.3 Å². The standard InChI is InChI=1S/C12H16NO5P/c14-11(15)7-6-10(12(16)17)13-19(18)8-9-4-2-1-3-5-9/h1-5,10,13,18H,6-8H2,(H,14,15)(H,16,17)/t10-,19?/m0/s1. The van der Waals surface area contributed by atoms with Crippen LogP contribution in [0, 0.1) is 0 Å². The normalized spacial score (nSPS) is 13.7. The molecule has 0 aromatic heterocycles. The lowest BCUT2D eigenvalue weighted by atomic mass is 10.2. The smallest absolute Gasteiger partial charge is 0.321 e. The fourth-order valence-electron chi connectivity index (χ4n) is 1.49. The number of nitrogens with one attached hydrogen (secondary N) is 1. The number of benzene rings is 1. The highest BCUT2D eigenvalue weighted by Gasteiger charge is 2.21. The maximum Gasteiger partial charge on any atom is 0.321 e. The van der Waals surface area contributed by atoms with Crippen LogP contribution < -0.4 is 5.09 Å². The average Bonchev–Trinajstić information content (AvgIpc) is 2.35. The largest absolute Gasteiger partial charge is 0.481 e. The van der Waals surface area contributed by atoms with Gasteiger partial charge in [-0.3, -0.25) is 14.7 Å². The van der Waals surface area contributed by atoms with Gasteiger partial charge in [-0.05, 0) is 12.0 Å². The zero-order valence-electron chi connectivity index (χ0n) is 10.2. The molecule has 1 aromatic rings. The maximum absolute atomic E-state index is 10.9. The van der Waals surface area contributed by atoms with Crippen LogP contribution >= 0.6 is 8.30 Å². The van der Waals surface area contributed by atoms with Crippen molar-refractivity contribution in [3.63, 3.8) is 0 Å². The molecule has 4 N–H and O–H groups in total. The van der Waals surface area contributed by atoms with Crippen LogP contribution in [-0.4, -0.2) is 33.1 Å². The predicted octanol–water partition coefficient (Wildman–Crippen LogP) is 1.40. The molecule has 0 heterocycles. The summed E-state index contributed by atoms with van der Waals surface area (Å²) in [6.07, 6.45) is 0.0182. The maximum atomic E-state index is 10.9. The Kier molecular flexibility index (Phi) is 6.42. The minimum atomic E-state index is -1.68. The van der Waals surface area contributed by atoms with Gasteiger partial charge < -0.3 is 15.1 Å². The molecule has 7 heteroatoms. The molecule has 0 saturated heterocycles. The van der Waals surface area contributed by atoms with E-state index in [1.165, 1.54) is 0 Å². The highest BCUT2D eigenvalue weighted by molar-refractivity contribution is 7.48. The number of carboxylic acids is 2. The Balaban J connectivity index is 2.49. The van der Waals surface area contributed by atoms with Crippen molar-refractivity contribution in [1.82, 2.24) is 5.09 Å². The topological polar surface area (TPSA) is 107 Å². The molecule has 6 nitrogen and oxygen atoms in total. The quantitative estimate of drug-likeness (QED) is 0.538. The molecule has 0 bridgehead atoms. The van der Waals surface area contributed by atoms with Crippen molar-refractivity contribution >= 4 is 20.2 Å². The van der Waals surface area contributed by atoms with Crippen molar-refractivity contribution in [2.75, 3.05) is 0 Å². The summed E-state index contributed by atoms with van der Waals surface area (Å²) in [5, 5.41) is 20.1. The molecule has 1 rings (SSSR count). The van der Waals surface area contributed by atoms with E-state index in [0.717, 1.165) is 5.56 Å². The molecule has 0 radical (unpaired) electrons. The van der Waals surface area contributed by atoms with E-state index < -0.39 is 26.3 Å². The van der Waals surface area contributed by atoms with Crippen LogP contribution in [0.2, 0.25) is 0 Å². The van der Waals surface area contributed by atoms with Gasteiger partial charge in [0.1, 0.15) is 14.3 Å². The summed E-state index contributed by atoms with van der Waals surface area (Å²) >= 11 is 0. The molecule has 2 atom stereocenters. The summed E-state index contributed by atoms with van der Waals surface area (Å²) < 4.78 is 0. The Morgan fingerprint density at radius 1 is 1.21 bits per heavy atom. The summed E-state index contributed by atoms with van der Waals surface area (Å²) in [5.41, 5.74) is 0.894. The van der Waals surface area contributed by atoms with Crippen molar-refractivity contribution in [2.24, 2.45) is 0 Å². The van der Waals surface area contributed by atoms with Gasteiger partial charge in [0.2, 0.25) is 0 Å². The van der Waals surface area contributed by atoms with Gasteiger partial charge in [-0.25, -0.2) is 0 Å². The second-order valence-electron chi connectivity index (χ2n) is 4.00. The fourth-order valence-corrected chi connectivity index (χ4v) is 2.74. The molecule has 1 aromatic carbocycles. The lowest BCUT2D eigenvalue weighted by Crippen LogP contribution is -2.34. The predicted molar refractivity (Wildman–Crippen MR) is 70.7 cm³/mol. The summed E-state index contributed by atoms with van der Waals surface area (Å²) in [4.78, 5) is 31.2. The van der Waals surface area contributed by atoms with E-state index in [0.29, 0.717) is 6.16 Å². The molecule has 0 spiro atoms. The van der Waals surface area contributed by atoms with Crippen molar-refractivity contribution in [2.45, 2.75) is 25.0 Å². The highest BCUT2D eigenvalue weighted by atomic mass is 31.2. The van der Waals surface area contributed by atoms with E-state index in [-0.39, 0.29) is 12.8 Å². The lowest BCUT2D eigenvalue weighted by molar-refractivity contribution is -0.140. The molecular formula is C12H16NO5P. The third-order valence-electron chi connectivity index (χ3n) is 2.42. The third-order valence-corrected chi connectivity index (χ3v) is 3.70. The Bertz CT molecular complexity index is 425. The average molecular weight is 285 g/mol. The molecule has 0 fully saturated rings. The molecule has 104 valence electrons. The minimum Gasteiger partial charge on any atom is -0.481 e. The van der Waals surface area contributed by atoms with E-state index >= 15 is 0 Å². The van der Waals surface area contributed by atoms with Crippen molar-refractivity contribution in [1.29, 1.82) is 0 Å². The molecular weight excluding hydrogens is 269 g/mol. The second-order valence-corrected chi connectivity index (χ2v) is 5.37. The van der Waals surface area contributed by atoms with Crippen LogP contribution in [0.15, 0.2) is 30.3 Å². The molecule has 0 aliphatic rings. The number of carbonyl (C=O) groups is 2. The van der Waals surface area contributed by atoms with Gasteiger partial charge in [0.15, 0.2) is 0 Å². The summed E-state index contributed by atoms with van der Waals surface area (Å²) in [6.45, 7) is 0. The van der Waals surface area contributed by atoms with Crippen molar-refractivity contribution in [3.05, 3.63) is 35.9 Å². The number of hydrogen-bond acceptors (Lipinski definition) is 4. The summed E-state index contributed by atoms with van der Waals surface area (Å²) in [6, 6.07) is 8.13. The van der Waals surface area contributed by atoms with Crippen LogP contribution in [0.4, 0.5) is 0 Å². The van der Waals surface area contributed by atoms with E-state index in [4.69, 9.17) is 10.2 Å². The molecule has 1 unspecified atom stereocenters. The van der Waals surface area contributed by atoms with E-state index in [9.17, 15) is 14.5 Å². The van der Waals surface area contributed by atoms with Crippen LogP contribution in [0.1, 0.15) is 18.4 Å². The van der Waals surface area contributed by atoms with Gasteiger partial charge in [-0.15, -0.1) is 0 Å². The number of carboxylic acid groups (broad SMARTS) is 2. The Morgan fingerprint density at radius 2 is 1.84 bits per heavy atom. The van der Waals surface area contributed by atoms with Crippen molar-refractivity contribution < 1.29 is 24.7 Å². The number of rotatable bonds is 8. The SMILES string of the molecule is O=C(O)CC[C@H](NP(O)Cc1ccccc1)C(=O)O. The Morgan fingerprint density at radius 3 is 2.37 bits per heavy atom. The fraction of sp³-hybridized carbons (Fsp3) is 0.333. The van der Waals surface area contributed by atoms with Gasteiger partial charge in [-0.2, -0.15) is 0 Å². The molecule has 0 aliphatic carbocycles. The van der Waals surface area contributed by atoms with Gasteiger partial charge in [0.05, 0.1) is 0 Å². The zero-order valence-corrected chi connectivity index (χ0v) is 11.1. The van der Waals surface area contributed by atoms with Gasteiger partial charge in [0.25, 0.3) is 0 Å². The number of aliphatic carboxylic acids is 2.